The lowest BCUT2D eigenvalue weighted by molar-refractivity contribution is 0.460. The van der Waals surface area contributed by atoms with Crippen LogP contribution in [0.3, 0.4) is 0 Å². The number of hydrogen-bond acceptors (Lipinski definition) is 5. The van der Waals surface area contributed by atoms with Crippen LogP contribution in [0.15, 0.2) is 10.1 Å². The summed E-state index contributed by atoms with van der Waals surface area (Å²) in [7, 11) is 0. The zero-order valence-corrected chi connectivity index (χ0v) is 18.4. The Bertz CT molecular complexity index is 591. The van der Waals surface area contributed by atoms with Gasteiger partial charge >= 0.3 is 0 Å². The second kappa shape index (κ2) is 11.2. The minimum atomic E-state index is 0.605. The first-order valence-corrected chi connectivity index (χ1v) is 12.7. The maximum atomic E-state index is 4.78. The van der Waals surface area contributed by atoms with E-state index in [0.717, 1.165) is 49.4 Å². The third-order valence-electron chi connectivity index (χ3n) is 5.30. The second-order valence-corrected chi connectivity index (χ2v) is 9.48. The first-order valence-electron chi connectivity index (χ1n) is 10.4. The summed E-state index contributed by atoms with van der Waals surface area (Å²) in [5.41, 5.74) is 0. The summed E-state index contributed by atoms with van der Waals surface area (Å²) >= 11 is 3.78. The van der Waals surface area contributed by atoms with Gasteiger partial charge in [0.1, 0.15) is 5.82 Å². The van der Waals surface area contributed by atoms with Gasteiger partial charge in [-0.3, -0.25) is 4.99 Å². The van der Waals surface area contributed by atoms with Crippen molar-refractivity contribution in [1.82, 2.24) is 25.4 Å². The summed E-state index contributed by atoms with van der Waals surface area (Å²) < 4.78 is 2.41. The molecule has 2 heterocycles. The maximum Gasteiger partial charge on any atom is 0.191 e. The number of aliphatic imine (C=N–C) groups is 1. The van der Waals surface area contributed by atoms with E-state index < -0.39 is 0 Å². The molecule has 1 aromatic heterocycles. The Hall–Kier alpha value is -0.890. The van der Waals surface area contributed by atoms with E-state index in [9.17, 15) is 0 Å². The maximum absolute atomic E-state index is 4.78. The van der Waals surface area contributed by atoms with Crippen LogP contribution in [0.2, 0.25) is 0 Å². The van der Waals surface area contributed by atoms with E-state index in [0.29, 0.717) is 11.3 Å². The molecule has 27 heavy (non-hydrogen) atoms. The van der Waals surface area contributed by atoms with Gasteiger partial charge in [-0.2, -0.15) is 11.8 Å². The van der Waals surface area contributed by atoms with E-state index in [1.165, 1.54) is 44.3 Å². The molecule has 1 saturated heterocycles. The fourth-order valence-electron chi connectivity index (χ4n) is 3.92. The monoisotopic (exact) mass is 410 g/mol. The van der Waals surface area contributed by atoms with Crippen molar-refractivity contribution in [2.75, 3.05) is 31.6 Å². The molecule has 152 valence electrons. The molecule has 0 spiro atoms. The third-order valence-corrected chi connectivity index (χ3v) is 7.32. The predicted octanol–water partition coefficient (Wildman–Crippen LogP) is 3.50. The van der Waals surface area contributed by atoms with Gasteiger partial charge in [0.25, 0.3) is 0 Å². The van der Waals surface area contributed by atoms with Crippen molar-refractivity contribution in [3.05, 3.63) is 5.82 Å². The number of thioether (sulfide) groups is 2. The van der Waals surface area contributed by atoms with Crippen molar-refractivity contribution in [1.29, 1.82) is 0 Å². The van der Waals surface area contributed by atoms with Crippen molar-refractivity contribution in [3.63, 3.8) is 0 Å². The van der Waals surface area contributed by atoms with Crippen molar-refractivity contribution in [2.24, 2.45) is 4.99 Å². The number of nitrogens with one attached hydrogen (secondary N) is 2. The second-order valence-electron chi connectivity index (χ2n) is 7.30. The predicted molar refractivity (Wildman–Crippen MR) is 117 cm³/mol. The molecule has 1 aliphatic carbocycles. The Morgan fingerprint density at radius 3 is 2.78 bits per heavy atom. The molecule has 1 atom stereocenters. The van der Waals surface area contributed by atoms with Gasteiger partial charge in [0.2, 0.25) is 0 Å². The molecule has 8 heteroatoms. The molecule has 6 nitrogen and oxygen atoms in total. The standard InChI is InChI=1S/C19H34N6S2/c1-3-20-18(22-14-16-10-7-13-27-16)21-12-6-11-17-23-24-19(26-2)25(17)15-8-4-5-9-15/h15-16H,3-14H2,1-2H3,(H2,20,21,22). The molecule has 1 unspecified atom stereocenters. The van der Waals surface area contributed by atoms with Crippen molar-refractivity contribution in [2.45, 2.75) is 74.7 Å². The minimum absolute atomic E-state index is 0.605. The Labute approximate surface area is 172 Å². The van der Waals surface area contributed by atoms with Crippen molar-refractivity contribution in [3.8, 4) is 0 Å². The lowest BCUT2D eigenvalue weighted by atomic mass is 10.2. The van der Waals surface area contributed by atoms with E-state index in [4.69, 9.17) is 4.99 Å². The smallest absolute Gasteiger partial charge is 0.191 e. The molecule has 0 aromatic carbocycles. The molecule has 0 bridgehead atoms. The summed E-state index contributed by atoms with van der Waals surface area (Å²) in [4.78, 5) is 4.78. The van der Waals surface area contributed by atoms with Gasteiger partial charge in [0, 0.05) is 30.8 Å². The average molecular weight is 411 g/mol. The van der Waals surface area contributed by atoms with Crippen LogP contribution >= 0.6 is 23.5 Å². The number of aryl methyl sites for hydroxylation is 1. The number of aromatic nitrogens is 3. The number of rotatable bonds is 9. The van der Waals surface area contributed by atoms with Crippen molar-refractivity contribution >= 4 is 29.5 Å². The van der Waals surface area contributed by atoms with Gasteiger partial charge in [0.05, 0.1) is 6.54 Å². The average Bonchev–Trinajstić information content (AvgIpc) is 3.44. The zero-order chi connectivity index (χ0) is 18.9. The lowest BCUT2D eigenvalue weighted by Crippen LogP contribution is -2.38. The van der Waals surface area contributed by atoms with Crippen LogP contribution in [-0.4, -0.2) is 57.6 Å². The third kappa shape index (κ3) is 6.04. The van der Waals surface area contributed by atoms with E-state index in [2.05, 4.69) is 50.3 Å². The molecule has 1 aromatic rings. The molecule has 0 radical (unpaired) electrons. The number of nitrogens with zero attached hydrogens (tertiary/aromatic N) is 4. The SMILES string of the molecule is CCNC(=NCC1CCCS1)NCCCc1nnc(SC)n1C1CCCC1. The van der Waals surface area contributed by atoms with Crippen LogP contribution in [0.4, 0.5) is 0 Å². The molecule has 1 saturated carbocycles. The largest absolute Gasteiger partial charge is 0.357 e. The molecule has 2 fully saturated rings. The summed E-state index contributed by atoms with van der Waals surface area (Å²) in [6.07, 6.45) is 12.0. The fraction of sp³-hybridized carbons (Fsp3) is 0.842. The summed E-state index contributed by atoms with van der Waals surface area (Å²) in [6.45, 7) is 4.86. The fourth-order valence-corrected chi connectivity index (χ4v) is 5.68. The summed E-state index contributed by atoms with van der Waals surface area (Å²) in [5.74, 6) is 3.40. The highest BCUT2D eigenvalue weighted by Crippen LogP contribution is 2.33. The lowest BCUT2D eigenvalue weighted by Gasteiger charge is -2.16. The quantitative estimate of drug-likeness (QED) is 0.281. The molecule has 2 N–H and O–H groups in total. The molecular formula is C19H34N6S2. The normalized spacial score (nSPS) is 21.1. The molecule has 1 aliphatic heterocycles. The van der Waals surface area contributed by atoms with Crippen LogP contribution in [0.25, 0.3) is 0 Å². The van der Waals surface area contributed by atoms with Crippen LogP contribution < -0.4 is 10.6 Å². The van der Waals surface area contributed by atoms with Gasteiger partial charge in [-0.1, -0.05) is 24.6 Å². The van der Waals surface area contributed by atoms with Gasteiger partial charge in [-0.25, -0.2) is 0 Å². The van der Waals surface area contributed by atoms with Gasteiger partial charge in [-0.05, 0) is 51.0 Å². The van der Waals surface area contributed by atoms with E-state index in [1.807, 2.05) is 0 Å². The Balaban J connectivity index is 1.48. The van der Waals surface area contributed by atoms with E-state index in [-0.39, 0.29) is 0 Å². The topological polar surface area (TPSA) is 67.1 Å². The summed E-state index contributed by atoms with van der Waals surface area (Å²) in [6, 6.07) is 0.605. The molecular weight excluding hydrogens is 376 g/mol. The Morgan fingerprint density at radius 2 is 2.07 bits per heavy atom. The van der Waals surface area contributed by atoms with Gasteiger partial charge < -0.3 is 15.2 Å². The number of guanidine groups is 1. The van der Waals surface area contributed by atoms with Crippen molar-refractivity contribution < 1.29 is 0 Å². The Kier molecular flexibility index (Phi) is 8.64. The molecule has 2 aliphatic rings. The van der Waals surface area contributed by atoms with E-state index >= 15 is 0 Å². The van der Waals surface area contributed by atoms with Crippen LogP contribution in [0.1, 0.15) is 63.7 Å². The zero-order valence-electron chi connectivity index (χ0n) is 16.7. The van der Waals surface area contributed by atoms with Crippen LogP contribution in [0.5, 0.6) is 0 Å². The van der Waals surface area contributed by atoms with Gasteiger partial charge in [0.15, 0.2) is 11.1 Å². The van der Waals surface area contributed by atoms with Gasteiger partial charge in [-0.15, -0.1) is 10.2 Å². The minimum Gasteiger partial charge on any atom is -0.357 e. The van der Waals surface area contributed by atoms with Crippen LogP contribution in [-0.2, 0) is 6.42 Å². The van der Waals surface area contributed by atoms with E-state index in [1.54, 1.807) is 11.8 Å². The highest BCUT2D eigenvalue weighted by atomic mass is 32.2. The first-order chi connectivity index (χ1) is 13.3. The summed E-state index contributed by atoms with van der Waals surface area (Å²) in [5, 5.41) is 17.5. The van der Waals surface area contributed by atoms with Crippen LogP contribution in [0, 0.1) is 0 Å². The number of hydrogen-bond donors (Lipinski definition) is 2. The molecule has 0 amide bonds. The highest BCUT2D eigenvalue weighted by molar-refractivity contribution is 8.00. The highest BCUT2D eigenvalue weighted by Gasteiger charge is 2.23. The first kappa shape index (κ1) is 20.8. The molecule has 3 rings (SSSR count). The Morgan fingerprint density at radius 1 is 1.22 bits per heavy atom.